The van der Waals surface area contributed by atoms with Crippen molar-refractivity contribution in [2.45, 2.75) is 45.2 Å². The number of nitrogens with zero attached hydrogens (tertiary/aromatic N) is 3. The van der Waals surface area contributed by atoms with Crippen LogP contribution in [0.1, 0.15) is 31.4 Å². The molecular formula is C14H20N4O. The largest absolute Gasteiger partial charge is 0.314 e. The second-order valence-corrected chi connectivity index (χ2v) is 5.35. The molecule has 1 N–H and O–H groups in total. The van der Waals surface area contributed by atoms with Gasteiger partial charge in [-0.2, -0.15) is 5.10 Å². The third-order valence-corrected chi connectivity index (χ3v) is 3.84. The molecular weight excluding hydrogens is 240 g/mol. The van der Waals surface area contributed by atoms with Crippen LogP contribution < -0.4 is 10.9 Å². The first-order valence-corrected chi connectivity index (χ1v) is 7.03. The van der Waals surface area contributed by atoms with Gasteiger partial charge < -0.3 is 9.88 Å². The predicted octanol–water partition coefficient (Wildman–Crippen LogP) is 1.34. The number of aryl methyl sites for hydroxylation is 2. The van der Waals surface area contributed by atoms with Gasteiger partial charge in [0, 0.05) is 25.0 Å². The summed E-state index contributed by atoms with van der Waals surface area (Å²) < 4.78 is 3.46. The molecule has 5 heteroatoms. The van der Waals surface area contributed by atoms with Crippen LogP contribution in [0.5, 0.6) is 0 Å². The summed E-state index contributed by atoms with van der Waals surface area (Å²) in [6.45, 7) is 3.84. The first-order valence-electron chi connectivity index (χ1n) is 7.03. The van der Waals surface area contributed by atoms with Gasteiger partial charge in [0.2, 0.25) is 0 Å². The molecule has 102 valence electrons. The molecule has 3 rings (SSSR count). The summed E-state index contributed by atoms with van der Waals surface area (Å²) in [5.41, 5.74) is 1.60. The van der Waals surface area contributed by atoms with E-state index >= 15 is 0 Å². The molecule has 0 saturated carbocycles. The summed E-state index contributed by atoms with van der Waals surface area (Å²) >= 11 is 0. The minimum atomic E-state index is 0.0579. The third-order valence-electron chi connectivity index (χ3n) is 3.84. The average molecular weight is 260 g/mol. The Morgan fingerprint density at radius 2 is 2.37 bits per heavy atom. The molecule has 2 aromatic heterocycles. The van der Waals surface area contributed by atoms with E-state index in [1.807, 2.05) is 25.4 Å². The van der Waals surface area contributed by atoms with Gasteiger partial charge in [0.05, 0.1) is 5.69 Å². The molecule has 0 spiro atoms. The molecule has 1 unspecified atom stereocenters. The maximum atomic E-state index is 12.3. The van der Waals surface area contributed by atoms with Crippen molar-refractivity contribution >= 4 is 5.52 Å². The van der Waals surface area contributed by atoms with E-state index in [0.717, 1.165) is 31.6 Å². The Hall–Kier alpha value is -1.62. The Kier molecular flexibility index (Phi) is 3.38. The van der Waals surface area contributed by atoms with Crippen LogP contribution in [0.25, 0.3) is 5.52 Å². The van der Waals surface area contributed by atoms with Crippen LogP contribution in [-0.2, 0) is 6.54 Å². The van der Waals surface area contributed by atoms with Gasteiger partial charge in [0.1, 0.15) is 5.52 Å². The zero-order valence-corrected chi connectivity index (χ0v) is 11.3. The Bertz CT molecular complexity index is 622. The SMILES string of the molecule is Cc1cc2c(=O)n(CCCC3CCCN3)ccn2n1. The molecule has 0 aromatic carbocycles. The van der Waals surface area contributed by atoms with Gasteiger partial charge in [-0.1, -0.05) is 0 Å². The zero-order chi connectivity index (χ0) is 13.2. The van der Waals surface area contributed by atoms with E-state index < -0.39 is 0 Å². The zero-order valence-electron chi connectivity index (χ0n) is 11.3. The minimum Gasteiger partial charge on any atom is -0.314 e. The predicted molar refractivity (Wildman–Crippen MR) is 74.4 cm³/mol. The van der Waals surface area contributed by atoms with Gasteiger partial charge in [0.15, 0.2) is 0 Å². The number of hydrogen-bond donors (Lipinski definition) is 1. The Labute approximate surface area is 112 Å². The summed E-state index contributed by atoms with van der Waals surface area (Å²) in [6.07, 6.45) is 8.44. The standard InChI is InChI=1S/C14H20N4O/c1-11-10-13-14(19)17(8-9-18(13)16-11)7-3-5-12-4-2-6-15-12/h8-10,12,15H,2-7H2,1H3. The van der Waals surface area contributed by atoms with Crippen LogP contribution in [0.4, 0.5) is 0 Å². The van der Waals surface area contributed by atoms with Gasteiger partial charge in [-0.25, -0.2) is 4.52 Å². The van der Waals surface area contributed by atoms with Crippen LogP contribution in [0, 0.1) is 6.92 Å². The van der Waals surface area contributed by atoms with Crippen molar-refractivity contribution in [2.75, 3.05) is 6.54 Å². The van der Waals surface area contributed by atoms with Crippen LogP contribution in [0.3, 0.4) is 0 Å². The summed E-state index contributed by atoms with van der Waals surface area (Å²) in [7, 11) is 0. The lowest BCUT2D eigenvalue weighted by molar-refractivity contribution is 0.497. The summed E-state index contributed by atoms with van der Waals surface area (Å²) in [5, 5.41) is 7.74. The molecule has 3 heterocycles. The molecule has 0 bridgehead atoms. The Morgan fingerprint density at radius 1 is 1.47 bits per heavy atom. The lowest BCUT2D eigenvalue weighted by atomic mass is 10.1. The average Bonchev–Trinajstić information content (AvgIpc) is 3.01. The molecule has 5 nitrogen and oxygen atoms in total. The van der Waals surface area contributed by atoms with E-state index in [0.29, 0.717) is 11.6 Å². The van der Waals surface area contributed by atoms with Crippen LogP contribution in [0.2, 0.25) is 0 Å². The highest BCUT2D eigenvalue weighted by Crippen LogP contribution is 2.11. The first-order chi connectivity index (χ1) is 9.24. The maximum Gasteiger partial charge on any atom is 0.276 e. The van der Waals surface area contributed by atoms with Crippen molar-refractivity contribution in [3.05, 3.63) is 34.5 Å². The van der Waals surface area contributed by atoms with E-state index in [-0.39, 0.29) is 5.56 Å². The van der Waals surface area contributed by atoms with Crippen molar-refractivity contribution in [3.8, 4) is 0 Å². The second-order valence-electron chi connectivity index (χ2n) is 5.35. The quantitative estimate of drug-likeness (QED) is 0.902. The highest BCUT2D eigenvalue weighted by Gasteiger charge is 2.13. The van der Waals surface area contributed by atoms with Crippen molar-refractivity contribution in [1.82, 2.24) is 19.5 Å². The molecule has 1 fully saturated rings. The monoisotopic (exact) mass is 260 g/mol. The van der Waals surface area contributed by atoms with Crippen LogP contribution in [-0.4, -0.2) is 26.8 Å². The van der Waals surface area contributed by atoms with Crippen LogP contribution in [0.15, 0.2) is 23.3 Å². The fourth-order valence-electron chi connectivity index (χ4n) is 2.84. The fraction of sp³-hybridized carbons (Fsp3) is 0.571. The van der Waals surface area contributed by atoms with E-state index in [4.69, 9.17) is 0 Å². The molecule has 0 aliphatic carbocycles. The molecule has 1 aliphatic heterocycles. The van der Waals surface area contributed by atoms with Crippen molar-refractivity contribution in [3.63, 3.8) is 0 Å². The summed E-state index contributed by atoms with van der Waals surface area (Å²) in [5.74, 6) is 0. The second kappa shape index (κ2) is 5.17. The fourth-order valence-corrected chi connectivity index (χ4v) is 2.84. The van der Waals surface area contributed by atoms with Gasteiger partial charge in [0.25, 0.3) is 5.56 Å². The first kappa shape index (κ1) is 12.4. The summed E-state index contributed by atoms with van der Waals surface area (Å²) in [4.78, 5) is 12.3. The van der Waals surface area contributed by atoms with E-state index in [2.05, 4.69) is 10.4 Å². The lowest BCUT2D eigenvalue weighted by Crippen LogP contribution is -2.24. The number of hydrogen-bond acceptors (Lipinski definition) is 3. The molecule has 1 saturated heterocycles. The normalized spacial score (nSPS) is 19.3. The summed E-state index contributed by atoms with van der Waals surface area (Å²) in [6, 6.07) is 2.49. The van der Waals surface area contributed by atoms with E-state index in [1.165, 1.54) is 12.8 Å². The highest BCUT2D eigenvalue weighted by molar-refractivity contribution is 5.44. The van der Waals surface area contributed by atoms with Crippen molar-refractivity contribution in [1.29, 1.82) is 0 Å². The van der Waals surface area contributed by atoms with E-state index in [9.17, 15) is 4.79 Å². The Morgan fingerprint density at radius 3 is 3.16 bits per heavy atom. The topological polar surface area (TPSA) is 51.3 Å². The van der Waals surface area contributed by atoms with Crippen molar-refractivity contribution in [2.24, 2.45) is 0 Å². The molecule has 1 aliphatic rings. The molecule has 2 aromatic rings. The number of aromatic nitrogens is 3. The van der Waals surface area contributed by atoms with Crippen LogP contribution >= 0.6 is 0 Å². The molecule has 19 heavy (non-hydrogen) atoms. The lowest BCUT2D eigenvalue weighted by Gasteiger charge is -2.10. The van der Waals surface area contributed by atoms with E-state index in [1.54, 1.807) is 9.08 Å². The number of nitrogens with one attached hydrogen (secondary N) is 1. The number of fused-ring (bicyclic) bond motifs is 1. The molecule has 0 amide bonds. The minimum absolute atomic E-state index is 0.0579. The molecule has 1 atom stereocenters. The Balaban J connectivity index is 1.70. The van der Waals surface area contributed by atoms with Gasteiger partial charge >= 0.3 is 0 Å². The third kappa shape index (κ3) is 2.56. The maximum absolute atomic E-state index is 12.3. The van der Waals surface area contributed by atoms with Gasteiger partial charge in [-0.05, 0) is 45.2 Å². The van der Waals surface area contributed by atoms with Crippen molar-refractivity contribution < 1.29 is 0 Å². The number of rotatable bonds is 4. The van der Waals surface area contributed by atoms with Gasteiger partial charge in [-0.3, -0.25) is 4.79 Å². The molecule has 0 radical (unpaired) electrons. The highest BCUT2D eigenvalue weighted by atomic mass is 16.1. The smallest absolute Gasteiger partial charge is 0.276 e. The van der Waals surface area contributed by atoms with Gasteiger partial charge in [-0.15, -0.1) is 0 Å².